The second-order valence-corrected chi connectivity index (χ2v) is 7.84. The fourth-order valence-corrected chi connectivity index (χ4v) is 3.80. The van der Waals surface area contributed by atoms with Crippen molar-refractivity contribution in [3.63, 3.8) is 0 Å². The van der Waals surface area contributed by atoms with E-state index in [-0.39, 0.29) is 5.69 Å². The van der Waals surface area contributed by atoms with Crippen molar-refractivity contribution < 1.29 is 14.0 Å². The lowest BCUT2D eigenvalue weighted by atomic mass is 10.2. The van der Waals surface area contributed by atoms with E-state index in [4.69, 9.17) is 5.10 Å². The third kappa shape index (κ3) is 4.98. The van der Waals surface area contributed by atoms with E-state index in [1.807, 2.05) is 54.0 Å². The Labute approximate surface area is 188 Å². The molecule has 2 aromatic heterocycles. The van der Waals surface area contributed by atoms with E-state index < -0.39 is 17.6 Å². The number of carbonyl (C=O) groups is 2. The molecule has 32 heavy (non-hydrogen) atoms. The number of nitrogens with one attached hydrogen (secondary N) is 2. The summed E-state index contributed by atoms with van der Waals surface area (Å²) in [5.41, 5.74) is 2.82. The molecular weight excluding hydrogens is 427 g/mol. The monoisotopic (exact) mass is 446 g/mol. The zero-order valence-electron chi connectivity index (χ0n) is 17.1. The van der Waals surface area contributed by atoms with Gasteiger partial charge < -0.3 is 10.6 Å². The summed E-state index contributed by atoms with van der Waals surface area (Å²) in [6.07, 6.45) is 4.95. The van der Waals surface area contributed by atoms with Crippen LogP contribution in [0.25, 0.3) is 22.3 Å². The van der Waals surface area contributed by atoms with Crippen molar-refractivity contribution in [1.29, 1.82) is 0 Å². The van der Waals surface area contributed by atoms with Crippen LogP contribution in [-0.4, -0.2) is 21.6 Å². The van der Waals surface area contributed by atoms with Crippen LogP contribution < -0.4 is 10.6 Å². The SMILES string of the molecule is CC(=O)Nc1cc(NC(=O)/C=C/c2cn(-c3ccccc3)nc2-c2cccs2)ccc1F. The molecule has 6 nitrogen and oxygen atoms in total. The lowest BCUT2D eigenvalue weighted by Crippen LogP contribution is -2.10. The number of halogens is 1. The average Bonchev–Trinajstić information content (AvgIpc) is 3.45. The Morgan fingerprint density at radius 3 is 2.59 bits per heavy atom. The van der Waals surface area contributed by atoms with Crippen LogP contribution in [0.15, 0.2) is 78.3 Å². The van der Waals surface area contributed by atoms with Crippen LogP contribution >= 0.6 is 11.3 Å². The maximum Gasteiger partial charge on any atom is 0.248 e. The first kappa shape index (κ1) is 21.2. The van der Waals surface area contributed by atoms with Gasteiger partial charge in [0.15, 0.2) is 0 Å². The summed E-state index contributed by atoms with van der Waals surface area (Å²) in [5, 5.41) is 11.7. The van der Waals surface area contributed by atoms with Crippen LogP contribution in [0.1, 0.15) is 12.5 Å². The standard InChI is InChI=1S/C24H19FN4O2S/c1-16(30)26-21-14-18(10-11-20(21)25)27-23(31)12-9-17-15-29(19-6-3-2-4-7-19)28-24(17)22-8-5-13-32-22/h2-15H,1H3,(H,26,30)(H,27,31)/b12-9+. The Hall–Kier alpha value is -4.04. The fourth-order valence-electron chi connectivity index (χ4n) is 3.06. The molecule has 2 amide bonds. The summed E-state index contributed by atoms with van der Waals surface area (Å²) in [4.78, 5) is 24.7. The molecule has 0 radical (unpaired) electrons. The van der Waals surface area contributed by atoms with Crippen LogP contribution in [-0.2, 0) is 9.59 Å². The highest BCUT2D eigenvalue weighted by Gasteiger charge is 2.12. The highest BCUT2D eigenvalue weighted by atomic mass is 32.1. The largest absolute Gasteiger partial charge is 0.324 e. The van der Waals surface area contributed by atoms with Crippen molar-refractivity contribution in [3.8, 4) is 16.3 Å². The first-order valence-electron chi connectivity index (χ1n) is 9.75. The Morgan fingerprint density at radius 1 is 1.06 bits per heavy atom. The molecule has 0 saturated carbocycles. The van der Waals surface area contributed by atoms with Gasteiger partial charge in [-0.3, -0.25) is 9.59 Å². The van der Waals surface area contributed by atoms with Gasteiger partial charge in [-0.05, 0) is 47.9 Å². The van der Waals surface area contributed by atoms with Crippen LogP contribution in [0.2, 0.25) is 0 Å². The second kappa shape index (κ2) is 9.40. The molecule has 2 heterocycles. The van der Waals surface area contributed by atoms with E-state index in [1.165, 1.54) is 31.2 Å². The Morgan fingerprint density at radius 2 is 1.88 bits per heavy atom. The molecule has 160 valence electrons. The second-order valence-electron chi connectivity index (χ2n) is 6.89. The molecular formula is C24H19FN4O2S. The zero-order chi connectivity index (χ0) is 22.5. The molecule has 0 fully saturated rings. The number of aromatic nitrogens is 2. The van der Waals surface area contributed by atoms with Crippen LogP contribution in [0, 0.1) is 5.82 Å². The number of rotatable bonds is 6. The molecule has 0 spiro atoms. The maximum atomic E-state index is 13.8. The van der Waals surface area contributed by atoms with Gasteiger partial charge in [-0.1, -0.05) is 24.3 Å². The summed E-state index contributed by atoms with van der Waals surface area (Å²) < 4.78 is 15.6. The van der Waals surface area contributed by atoms with E-state index in [9.17, 15) is 14.0 Å². The molecule has 0 atom stereocenters. The summed E-state index contributed by atoms with van der Waals surface area (Å²) in [5.74, 6) is -1.37. The highest BCUT2D eigenvalue weighted by Crippen LogP contribution is 2.28. The van der Waals surface area contributed by atoms with Gasteiger partial charge >= 0.3 is 0 Å². The van der Waals surface area contributed by atoms with Gasteiger partial charge in [-0.2, -0.15) is 5.10 Å². The zero-order valence-corrected chi connectivity index (χ0v) is 17.9. The van der Waals surface area contributed by atoms with Crippen molar-refractivity contribution in [2.45, 2.75) is 6.92 Å². The normalized spacial score (nSPS) is 10.9. The molecule has 0 bridgehead atoms. The molecule has 0 saturated heterocycles. The summed E-state index contributed by atoms with van der Waals surface area (Å²) >= 11 is 1.56. The first-order chi connectivity index (χ1) is 15.5. The van der Waals surface area contributed by atoms with Crippen molar-refractivity contribution >= 4 is 40.6 Å². The molecule has 2 N–H and O–H groups in total. The molecule has 0 aliphatic rings. The van der Waals surface area contributed by atoms with Gasteiger partial charge in [0, 0.05) is 30.4 Å². The van der Waals surface area contributed by atoms with Gasteiger partial charge in [0.1, 0.15) is 11.5 Å². The first-order valence-corrected chi connectivity index (χ1v) is 10.6. The average molecular weight is 447 g/mol. The molecule has 8 heteroatoms. The quantitative estimate of drug-likeness (QED) is 0.392. The van der Waals surface area contributed by atoms with Crippen molar-refractivity contribution in [1.82, 2.24) is 9.78 Å². The van der Waals surface area contributed by atoms with E-state index in [1.54, 1.807) is 22.1 Å². The Balaban J connectivity index is 1.57. The predicted octanol–water partition coefficient (Wildman–Crippen LogP) is 5.35. The van der Waals surface area contributed by atoms with Gasteiger partial charge in [0.25, 0.3) is 0 Å². The summed E-state index contributed by atoms with van der Waals surface area (Å²) in [6, 6.07) is 17.6. The van der Waals surface area contributed by atoms with Crippen molar-refractivity contribution in [2.24, 2.45) is 0 Å². The van der Waals surface area contributed by atoms with Crippen LogP contribution in [0.5, 0.6) is 0 Å². The van der Waals surface area contributed by atoms with Crippen molar-refractivity contribution in [3.05, 3.63) is 89.7 Å². The maximum absolute atomic E-state index is 13.8. The predicted molar refractivity (Wildman–Crippen MR) is 125 cm³/mol. The molecule has 0 unspecified atom stereocenters. The van der Waals surface area contributed by atoms with Gasteiger partial charge in [0.2, 0.25) is 11.8 Å². The molecule has 4 aromatic rings. The van der Waals surface area contributed by atoms with Crippen LogP contribution in [0.3, 0.4) is 0 Å². The van der Waals surface area contributed by atoms with Crippen LogP contribution in [0.4, 0.5) is 15.8 Å². The summed E-state index contributed by atoms with van der Waals surface area (Å²) in [7, 11) is 0. The Kier molecular flexibility index (Phi) is 6.23. The molecule has 0 aliphatic carbocycles. The minimum atomic E-state index is -0.581. The Bertz CT molecular complexity index is 1280. The van der Waals surface area contributed by atoms with Gasteiger partial charge in [0.05, 0.1) is 16.3 Å². The molecule has 4 rings (SSSR count). The van der Waals surface area contributed by atoms with Gasteiger partial charge in [-0.25, -0.2) is 9.07 Å². The van der Waals surface area contributed by atoms with E-state index in [0.717, 1.165) is 21.8 Å². The smallest absolute Gasteiger partial charge is 0.248 e. The number of nitrogens with zero attached hydrogens (tertiary/aromatic N) is 2. The summed E-state index contributed by atoms with van der Waals surface area (Å²) in [6.45, 7) is 1.29. The number of anilines is 2. The third-order valence-electron chi connectivity index (χ3n) is 4.48. The lowest BCUT2D eigenvalue weighted by molar-refractivity contribution is -0.114. The highest BCUT2D eigenvalue weighted by molar-refractivity contribution is 7.13. The van der Waals surface area contributed by atoms with Crippen molar-refractivity contribution in [2.75, 3.05) is 10.6 Å². The topological polar surface area (TPSA) is 76.0 Å². The molecule has 0 aliphatic heterocycles. The van der Waals surface area contributed by atoms with Gasteiger partial charge in [-0.15, -0.1) is 11.3 Å². The third-order valence-corrected chi connectivity index (χ3v) is 5.35. The van der Waals surface area contributed by atoms with E-state index in [2.05, 4.69) is 10.6 Å². The molecule has 2 aromatic carbocycles. The number of carbonyl (C=O) groups excluding carboxylic acids is 2. The number of benzene rings is 2. The number of hydrogen-bond acceptors (Lipinski definition) is 4. The lowest BCUT2D eigenvalue weighted by Gasteiger charge is -2.07. The minimum Gasteiger partial charge on any atom is -0.324 e. The number of para-hydroxylation sites is 1. The number of hydrogen-bond donors (Lipinski definition) is 2. The van der Waals surface area contributed by atoms with E-state index in [0.29, 0.717) is 5.69 Å². The number of amides is 2. The fraction of sp³-hybridized carbons (Fsp3) is 0.0417. The van der Waals surface area contributed by atoms with E-state index >= 15 is 0 Å². The number of thiophene rings is 1. The minimum absolute atomic E-state index is 0.00315.